The van der Waals surface area contributed by atoms with Gasteiger partial charge < -0.3 is 25.0 Å². The molecule has 0 spiro atoms. The van der Waals surface area contributed by atoms with Crippen LogP contribution in [0.1, 0.15) is 17.2 Å². The molecule has 0 amide bonds. The molecule has 1 aliphatic heterocycles. The molecule has 8 nitrogen and oxygen atoms in total. The van der Waals surface area contributed by atoms with Crippen LogP contribution in [-0.4, -0.2) is 64.3 Å². The van der Waals surface area contributed by atoms with Gasteiger partial charge in [0.2, 0.25) is 0 Å². The number of hydrogen-bond donors (Lipinski definition) is 2. The van der Waals surface area contributed by atoms with Crippen LogP contribution in [0.2, 0.25) is 0 Å². The van der Waals surface area contributed by atoms with Crippen molar-refractivity contribution in [1.29, 1.82) is 0 Å². The second kappa shape index (κ2) is 10.5. The third-order valence-electron chi connectivity index (χ3n) is 7.68. The number of nitrogens with zero attached hydrogens (tertiary/aromatic N) is 5. The van der Waals surface area contributed by atoms with Crippen molar-refractivity contribution in [2.45, 2.75) is 18.6 Å². The summed E-state index contributed by atoms with van der Waals surface area (Å²) < 4.78 is 7.27. The predicted octanol–water partition coefficient (Wildman–Crippen LogP) is 5.37. The largest absolute Gasteiger partial charge is 0.457 e. The Morgan fingerprint density at radius 2 is 1.75 bits per heavy atom. The molecule has 5 aromatic rings. The maximum atomic E-state index is 10.6. The molecule has 1 saturated heterocycles. The zero-order chi connectivity index (χ0) is 27.1. The van der Waals surface area contributed by atoms with Crippen molar-refractivity contribution < 1.29 is 9.84 Å². The molecule has 2 aromatic carbocycles. The number of hydrogen-bond acceptors (Lipinski definition) is 9. The minimum atomic E-state index is -0.470. The summed E-state index contributed by atoms with van der Waals surface area (Å²) >= 11 is 1.56. The molecular weight excluding hydrogens is 520 g/mol. The molecule has 202 valence electrons. The Morgan fingerprint density at radius 3 is 2.65 bits per heavy atom. The number of thiazole rings is 1. The molecule has 0 radical (unpaired) electrons. The van der Waals surface area contributed by atoms with Crippen molar-refractivity contribution in [2.24, 2.45) is 0 Å². The Kier molecular flexibility index (Phi) is 6.55. The van der Waals surface area contributed by atoms with E-state index in [4.69, 9.17) is 9.72 Å². The van der Waals surface area contributed by atoms with Crippen molar-refractivity contribution in [3.05, 3.63) is 90.3 Å². The van der Waals surface area contributed by atoms with Crippen molar-refractivity contribution >= 4 is 32.5 Å². The van der Waals surface area contributed by atoms with Gasteiger partial charge in [0.05, 0.1) is 28.1 Å². The number of likely N-dealkylation sites (N-methyl/N-ethyl adjacent to an activating group) is 1. The van der Waals surface area contributed by atoms with Crippen molar-refractivity contribution in [3.8, 4) is 22.8 Å². The van der Waals surface area contributed by atoms with Gasteiger partial charge in [-0.1, -0.05) is 35.6 Å². The Labute approximate surface area is 236 Å². The van der Waals surface area contributed by atoms with Gasteiger partial charge in [0.1, 0.15) is 17.3 Å². The highest BCUT2D eigenvalue weighted by Gasteiger charge is 2.31. The van der Waals surface area contributed by atoms with Gasteiger partial charge in [0.15, 0.2) is 5.13 Å². The maximum Gasteiger partial charge on any atom is 0.184 e. The minimum Gasteiger partial charge on any atom is -0.457 e. The van der Waals surface area contributed by atoms with Crippen LogP contribution in [0.5, 0.6) is 11.5 Å². The predicted molar refractivity (Wildman–Crippen MR) is 159 cm³/mol. The van der Waals surface area contributed by atoms with Crippen LogP contribution >= 0.6 is 11.3 Å². The van der Waals surface area contributed by atoms with E-state index in [2.05, 4.69) is 50.3 Å². The van der Waals surface area contributed by atoms with Crippen LogP contribution in [0.4, 0.5) is 10.9 Å². The number of piperazine rings is 1. The number of anilines is 2. The van der Waals surface area contributed by atoms with Gasteiger partial charge in [-0.15, -0.1) is 0 Å². The first kappa shape index (κ1) is 25.0. The zero-order valence-corrected chi connectivity index (χ0v) is 23.0. The second-order valence-electron chi connectivity index (χ2n) is 10.4. The Balaban J connectivity index is 1.08. The van der Waals surface area contributed by atoms with Crippen LogP contribution < -0.4 is 15.0 Å². The summed E-state index contributed by atoms with van der Waals surface area (Å²) in [5.74, 6) is 2.43. The molecule has 3 aromatic heterocycles. The lowest BCUT2D eigenvalue weighted by Gasteiger charge is -2.33. The molecular formula is C31H30N6O2S. The van der Waals surface area contributed by atoms with E-state index in [1.807, 2.05) is 54.7 Å². The van der Waals surface area contributed by atoms with E-state index < -0.39 is 6.10 Å². The van der Waals surface area contributed by atoms with Crippen molar-refractivity contribution in [1.82, 2.24) is 19.9 Å². The molecule has 0 bridgehead atoms. The highest BCUT2D eigenvalue weighted by molar-refractivity contribution is 7.22. The van der Waals surface area contributed by atoms with Crippen molar-refractivity contribution in [3.63, 3.8) is 0 Å². The molecule has 4 heterocycles. The number of rotatable bonds is 6. The molecule has 9 heteroatoms. The Hall–Kier alpha value is -4.05. The summed E-state index contributed by atoms with van der Waals surface area (Å²) in [6.45, 7) is 4.00. The van der Waals surface area contributed by atoms with Gasteiger partial charge in [0, 0.05) is 62.7 Å². The fourth-order valence-electron chi connectivity index (χ4n) is 5.47. The third-order valence-corrected chi connectivity index (χ3v) is 8.63. The first-order chi connectivity index (χ1) is 19.6. The second-order valence-corrected chi connectivity index (χ2v) is 11.4. The monoisotopic (exact) mass is 550 g/mol. The van der Waals surface area contributed by atoms with Gasteiger partial charge in [-0.2, -0.15) is 0 Å². The topological polar surface area (TPSA) is 86.6 Å². The van der Waals surface area contributed by atoms with E-state index in [0.717, 1.165) is 75.7 Å². The summed E-state index contributed by atoms with van der Waals surface area (Å²) in [7, 11) is 2.15. The molecule has 2 atom stereocenters. The first-order valence-electron chi connectivity index (χ1n) is 13.6. The lowest BCUT2D eigenvalue weighted by atomic mass is 10.1. The lowest BCUT2D eigenvalue weighted by molar-refractivity contribution is 0.166. The average Bonchev–Trinajstić information content (AvgIpc) is 3.53. The van der Waals surface area contributed by atoms with Gasteiger partial charge in [-0.3, -0.25) is 4.98 Å². The third kappa shape index (κ3) is 4.99. The average molecular weight is 551 g/mol. The number of nitrogens with one attached hydrogen (secondary N) is 1. The molecule has 0 saturated carbocycles. The number of aliphatic hydroxyl groups is 1. The molecule has 0 unspecified atom stereocenters. The van der Waals surface area contributed by atoms with Crippen LogP contribution in [0.25, 0.3) is 21.5 Å². The van der Waals surface area contributed by atoms with E-state index in [1.54, 1.807) is 17.5 Å². The van der Waals surface area contributed by atoms with Crippen LogP contribution in [0, 0.1) is 0 Å². The zero-order valence-electron chi connectivity index (χ0n) is 22.2. The van der Waals surface area contributed by atoms with Gasteiger partial charge >= 0.3 is 0 Å². The number of ether oxygens (including phenoxy) is 1. The highest BCUT2D eigenvalue weighted by atomic mass is 32.1. The highest BCUT2D eigenvalue weighted by Crippen LogP contribution is 2.37. The van der Waals surface area contributed by atoms with E-state index >= 15 is 0 Å². The first-order valence-corrected chi connectivity index (χ1v) is 14.4. The number of fused-ring (bicyclic) bond motifs is 2. The van der Waals surface area contributed by atoms with Gasteiger partial charge in [0.25, 0.3) is 0 Å². The van der Waals surface area contributed by atoms with E-state index in [0.29, 0.717) is 6.42 Å². The van der Waals surface area contributed by atoms with E-state index in [-0.39, 0.29) is 6.04 Å². The number of aliphatic hydroxyl groups excluding tert-OH is 1. The SMILES string of the molecule is CN1CCN(c2cc(-c3cc(Oc4ccc5nc(N[C@@H]6c7ccccc7C[C@@H]6O)sc5c4)ccn3)ccn2)CC1. The van der Waals surface area contributed by atoms with Crippen LogP contribution in [0.3, 0.4) is 0 Å². The van der Waals surface area contributed by atoms with E-state index in [9.17, 15) is 5.11 Å². The minimum absolute atomic E-state index is 0.160. The lowest BCUT2D eigenvalue weighted by Crippen LogP contribution is -2.44. The molecule has 1 fully saturated rings. The number of pyridine rings is 2. The van der Waals surface area contributed by atoms with E-state index in [1.165, 1.54) is 5.56 Å². The molecule has 2 N–H and O–H groups in total. The number of benzene rings is 2. The Bertz CT molecular complexity index is 1670. The quantitative estimate of drug-likeness (QED) is 0.292. The molecule has 7 rings (SSSR count). The molecule has 40 heavy (non-hydrogen) atoms. The summed E-state index contributed by atoms with van der Waals surface area (Å²) in [6, 6.07) is 21.9. The van der Waals surface area contributed by atoms with Crippen molar-refractivity contribution in [2.75, 3.05) is 43.4 Å². The Morgan fingerprint density at radius 1 is 0.925 bits per heavy atom. The fourth-order valence-corrected chi connectivity index (χ4v) is 6.40. The molecule has 2 aliphatic rings. The summed E-state index contributed by atoms with van der Waals surface area (Å²) in [5, 5.41) is 14.9. The number of aromatic nitrogens is 3. The molecule has 1 aliphatic carbocycles. The van der Waals surface area contributed by atoms with Gasteiger partial charge in [-0.05, 0) is 48.5 Å². The maximum absolute atomic E-state index is 10.6. The van der Waals surface area contributed by atoms with Crippen LogP contribution in [-0.2, 0) is 6.42 Å². The summed E-state index contributed by atoms with van der Waals surface area (Å²) in [6.07, 6.45) is 3.81. The van der Waals surface area contributed by atoms with Gasteiger partial charge in [-0.25, -0.2) is 9.97 Å². The smallest absolute Gasteiger partial charge is 0.184 e. The summed E-state index contributed by atoms with van der Waals surface area (Å²) in [5.41, 5.74) is 5.07. The standard InChI is InChI=1S/C31H30N6O2S/c1-36-12-14-37(15-13-36)29-17-21(8-10-33-29)26-18-23(9-11-32-26)39-22-6-7-25-28(19-22)40-31(34-25)35-30-24-5-3-2-4-20(24)16-27(30)38/h2-11,17-19,27,30,38H,12-16H2,1H3,(H,34,35)/t27-,30+/m0/s1. The van der Waals surface area contributed by atoms with Crippen LogP contribution in [0.15, 0.2) is 79.1 Å². The summed E-state index contributed by atoms with van der Waals surface area (Å²) in [4.78, 5) is 18.6. The fraction of sp³-hybridized carbons (Fsp3) is 0.258. The normalized spacial score (nSPS) is 19.1.